The number of carbonyl (C=O) groups is 3. The molecule has 0 saturated carbocycles. The van der Waals surface area contributed by atoms with Gasteiger partial charge in [-0.3, -0.25) is 19.3 Å². The summed E-state index contributed by atoms with van der Waals surface area (Å²) in [5, 5.41) is 1.57. The van der Waals surface area contributed by atoms with Gasteiger partial charge in [-0.15, -0.1) is 0 Å². The Bertz CT molecular complexity index is 1090. The monoisotopic (exact) mass is 417 g/mol. The first-order chi connectivity index (χ1) is 15.1. The van der Waals surface area contributed by atoms with E-state index in [4.69, 9.17) is 9.47 Å². The van der Waals surface area contributed by atoms with Crippen LogP contribution in [0.5, 0.6) is 5.75 Å². The van der Waals surface area contributed by atoms with E-state index in [0.717, 1.165) is 17.4 Å². The highest BCUT2D eigenvalue weighted by molar-refractivity contribution is 6.25. The topological polar surface area (TPSA) is 72.9 Å². The Morgan fingerprint density at radius 1 is 0.903 bits per heavy atom. The Morgan fingerprint density at radius 2 is 1.55 bits per heavy atom. The number of nitrogens with zero attached hydrogens (tertiary/aromatic N) is 1. The molecule has 0 bridgehead atoms. The lowest BCUT2D eigenvalue weighted by atomic mass is 9.94. The lowest BCUT2D eigenvalue weighted by Crippen LogP contribution is -2.41. The Morgan fingerprint density at radius 3 is 2.16 bits per heavy atom. The molecule has 4 rings (SSSR count). The molecular formula is C25H23NO5. The summed E-state index contributed by atoms with van der Waals surface area (Å²) >= 11 is 0. The summed E-state index contributed by atoms with van der Waals surface area (Å²) < 4.78 is 10.4. The number of hydrogen-bond acceptors (Lipinski definition) is 5. The first kappa shape index (κ1) is 20.8. The van der Waals surface area contributed by atoms with Crippen molar-refractivity contribution in [2.24, 2.45) is 0 Å². The predicted octanol–water partition coefficient (Wildman–Crippen LogP) is 4.01. The molecule has 3 aromatic carbocycles. The van der Waals surface area contributed by atoms with Crippen molar-refractivity contribution in [3.05, 3.63) is 77.4 Å². The zero-order chi connectivity index (χ0) is 21.8. The van der Waals surface area contributed by atoms with Gasteiger partial charge < -0.3 is 9.47 Å². The number of benzene rings is 3. The van der Waals surface area contributed by atoms with Crippen LogP contribution in [0.25, 0.3) is 10.8 Å². The summed E-state index contributed by atoms with van der Waals surface area (Å²) in [6.07, 6.45) is 1.23. The molecular weight excluding hydrogens is 394 g/mol. The van der Waals surface area contributed by atoms with Crippen LogP contribution in [-0.4, -0.2) is 42.9 Å². The van der Waals surface area contributed by atoms with Crippen LogP contribution >= 0.6 is 0 Å². The Hall–Kier alpha value is -3.51. The molecule has 1 heterocycles. The lowest BCUT2D eigenvalue weighted by Gasteiger charge is -2.27. The minimum Gasteiger partial charge on any atom is -0.427 e. The maximum atomic E-state index is 12.9. The van der Waals surface area contributed by atoms with Crippen LogP contribution < -0.4 is 4.74 Å². The van der Waals surface area contributed by atoms with Gasteiger partial charge in [0.25, 0.3) is 11.8 Å². The maximum Gasteiger partial charge on any atom is 0.311 e. The zero-order valence-corrected chi connectivity index (χ0v) is 17.3. The normalized spacial score (nSPS) is 13.0. The molecule has 0 saturated heterocycles. The number of hydrogen-bond donors (Lipinski definition) is 0. The number of amides is 2. The van der Waals surface area contributed by atoms with E-state index in [2.05, 4.69) is 0 Å². The number of methoxy groups -OCH3 is 1. The average molecular weight is 417 g/mol. The van der Waals surface area contributed by atoms with Crippen LogP contribution in [0.2, 0.25) is 0 Å². The maximum absolute atomic E-state index is 12.9. The molecule has 0 atom stereocenters. The van der Waals surface area contributed by atoms with Gasteiger partial charge in [0.2, 0.25) is 0 Å². The SMILES string of the molecule is COCCc1ccc(OC(=O)CCCN2C(=O)c3cccc4cccc(c34)C2=O)cc1. The van der Waals surface area contributed by atoms with Crippen LogP contribution in [-0.2, 0) is 16.0 Å². The van der Waals surface area contributed by atoms with Crippen molar-refractivity contribution < 1.29 is 23.9 Å². The van der Waals surface area contributed by atoms with Gasteiger partial charge in [-0.1, -0.05) is 36.4 Å². The van der Waals surface area contributed by atoms with Gasteiger partial charge in [-0.05, 0) is 48.1 Å². The fourth-order valence-corrected chi connectivity index (χ4v) is 3.79. The van der Waals surface area contributed by atoms with Gasteiger partial charge in [0, 0.05) is 36.6 Å². The number of ether oxygens (including phenoxy) is 2. The van der Waals surface area contributed by atoms with Crippen LogP contribution in [0.15, 0.2) is 60.7 Å². The molecule has 1 aliphatic heterocycles. The highest BCUT2D eigenvalue weighted by Crippen LogP contribution is 2.30. The van der Waals surface area contributed by atoms with Crippen molar-refractivity contribution in [2.75, 3.05) is 20.3 Å². The quantitative estimate of drug-likeness (QED) is 0.315. The van der Waals surface area contributed by atoms with E-state index in [0.29, 0.717) is 35.3 Å². The molecule has 0 aliphatic carbocycles. The lowest BCUT2D eigenvalue weighted by molar-refractivity contribution is -0.134. The minimum atomic E-state index is -0.399. The fourth-order valence-electron chi connectivity index (χ4n) is 3.79. The van der Waals surface area contributed by atoms with Crippen LogP contribution in [0.3, 0.4) is 0 Å². The molecule has 0 N–H and O–H groups in total. The molecule has 0 fully saturated rings. The van der Waals surface area contributed by atoms with Crippen molar-refractivity contribution in [1.82, 2.24) is 4.90 Å². The van der Waals surface area contributed by atoms with E-state index < -0.39 is 5.97 Å². The predicted molar refractivity (Wildman–Crippen MR) is 116 cm³/mol. The smallest absolute Gasteiger partial charge is 0.311 e. The second-order valence-corrected chi connectivity index (χ2v) is 7.44. The Labute approximate surface area is 180 Å². The average Bonchev–Trinajstić information content (AvgIpc) is 2.79. The summed E-state index contributed by atoms with van der Waals surface area (Å²) in [6.45, 7) is 0.791. The number of rotatable bonds is 8. The fraction of sp³-hybridized carbons (Fsp3) is 0.240. The summed E-state index contributed by atoms with van der Waals surface area (Å²) in [7, 11) is 1.65. The van der Waals surface area contributed by atoms with E-state index in [9.17, 15) is 14.4 Å². The third-order valence-corrected chi connectivity index (χ3v) is 5.37. The van der Waals surface area contributed by atoms with Crippen LogP contribution in [0, 0.1) is 0 Å². The molecule has 2 amide bonds. The van der Waals surface area contributed by atoms with Crippen molar-refractivity contribution in [2.45, 2.75) is 19.3 Å². The first-order valence-corrected chi connectivity index (χ1v) is 10.2. The van der Waals surface area contributed by atoms with Gasteiger partial charge in [0.15, 0.2) is 0 Å². The third kappa shape index (κ3) is 4.34. The first-order valence-electron chi connectivity index (χ1n) is 10.2. The van der Waals surface area contributed by atoms with E-state index >= 15 is 0 Å². The standard InChI is InChI=1S/C25H23NO5/c1-30-16-14-17-10-12-19(13-11-17)31-22(27)9-4-15-26-24(28)20-7-2-5-18-6-3-8-21(23(18)20)25(26)29/h2-3,5-8,10-13H,4,9,14-16H2,1H3. The highest BCUT2D eigenvalue weighted by Gasteiger charge is 2.32. The summed E-state index contributed by atoms with van der Waals surface area (Å²) in [6, 6.07) is 18.1. The van der Waals surface area contributed by atoms with Crippen molar-refractivity contribution in [1.29, 1.82) is 0 Å². The van der Waals surface area contributed by atoms with E-state index in [-0.39, 0.29) is 24.8 Å². The largest absolute Gasteiger partial charge is 0.427 e. The molecule has 0 aromatic heterocycles. The number of imide groups is 1. The van der Waals surface area contributed by atoms with Gasteiger partial charge in [-0.2, -0.15) is 0 Å². The molecule has 1 aliphatic rings. The second-order valence-electron chi connectivity index (χ2n) is 7.44. The van der Waals surface area contributed by atoms with Gasteiger partial charge in [0.1, 0.15) is 5.75 Å². The van der Waals surface area contributed by atoms with Crippen LogP contribution in [0.4, 0.5) is 0 Å². The summed E-state index contributed by atoms with van der Waals surface area (Å²) in [5.74, 6) is -0.579. The molecule has 6 heteroatoms. The molecule has 6 nitrogen and oxygen atoms in total. The minimum absolute atomic E-state index is 0.105. The van der Waals surface area contributed by atoms with Crippen molar-refractivity contribution in [3.8, 4) is 5.75 Å². The molecule has 158 valence electrons. The number of carbonyl (C=O) groups excluding carboxylic acids is 3. The zero-order valence-electron chi connectivity index (χ0n) is 17.3. The molecule has 31 heavy (non-hydrogen) atoms. The third-order valence-electron chi connectivity index (χ3n) is 5.37. The van der Waals surface area contributed by atoms with E-state index in [1.165, 1.54) is 4.90 Å². The van der Waals surface area contributed by atoms with Gasteiger partial charge >= 0.3 is 5.97 Å². The summed E-state index contributed by atoms with van der Waals surface area (Å²) in [4.78, 5) is 39.1. The molecule has 3 aromatic rings. The number of esters is 1. The van der Waals surface area contributed by atoms with Gasteiger partial charge in [0.05, 0.1) is 6.61 Å². The van der Waals surface area contributed by atoms with Crippen molar-refractivity contribution in [3.63, 3.8) is 0 Å². The molecule has 0 spiro atoms. The highest BCUT2D eigenvalue weighted by atomic mass is 16.5. The van der Waals surface area contributed by atoms with E-state index in [1.54, 1.807) is 31.4 Å². The van der Waals surface area contributed by atoms with Crippen molar-refractivity contribution >= 4 is 28.6 Å². The molecule has 0 unspecified atom stereocenters. The second kappa shape index (κ2) is 9.10. The Balaban J connectivity index is 1.35. The Kier molecular flexibility index (Phi) is 6.09. The van der Waals surface area contributed by atoms with Gasteiger partial charge in [-0.25, -0.2) is 0 Å². The van der Waals surface area contributed by atoms with Crippen LogP contribution in [0.1, 0.15) is 39.1 Å². The van der Waals surface area contributed by atoms with E-state index in [1.807, 2.05) is 36.4 Å². The summed E-state index contributed by atoms with van der Waals surface area (Å²) in [5.41, 5.74) is 2.13. The molecule has 0 radical (unpaired) electrons.